The highest BCUT2D eigenvalue weighted by molar-refractivity contribution is 7.95. The normalized spacial score (nSPS) is 12.3. The lowest BCUT2D eigenvalue weighted by Crippen LogP contribution is -2.32. The Morgan fingerprint density at radius 1 is 0.678 bits per heavy atom. The third-order valence-electron chi connectivity index (χ3n) is 8.59. The number of hydrogen-bond acceptors (Lipinski definition) is 20. The Bertz CT molecular complexity index is 3350. The highest BCUT2D eigenvalue weighted by atomic mass is 35.5. The Morgan fingerprint density at radius 2 is 1.34 bits per heavy atom. The van der Waals surface area contributed by atoms with Crippen molar-refractivity contribution >= 4 is 123 Å². The van der Waals surface area contributed by atoms with Crippen LogP contribution in [0.5, 0.6) is 0 Å². The first-order valence-corrected chi connectivity index (χ1v) is 20.7. The number of halogens is 1. The number of aromatic nitrogens is 4. The summed E-state index contributed by atoms with van der Waals surface area (Å²) in [5.74, 6) is -0.311. The fourth-order valence-corrected chi connectivity index (χ4v) is 8.43. The number of anilines is 4. The van der Waals surface area contributed by atoms with Crippen LogP contribution >= 0.6 is 35.7 Å². The van der Waals surface area contributed by atoms with E-state index in [4.69, 9.17) is 30.9 Å². The Hall–Kier alpha value is -5.52. The second kappa shape index (κ2) is 15.6. The van der Waals surface area contributed by atoms with Gasteiger partial charge in [0.05, 0.1) is 60.4 Å². The zero-order valence-electron chi connectivity index (χ0n) is 28.6. The van der Waals surface area contributed by atoms with Gasteiger partial charge in [-0.1, -0.05) is 22.2 Å². The molecule has 0 spiro atoms. The van der Waals surface area contributed by atoms with Crippen LogP contribution in [0, 0.1) is 0 Å². The zero-order valence-corrected chi connectivity index (χ0v) is 32.6. The van der Waals surface area contributed by atoms with Crippen LogP contribution < -0.4 is 21.8 Å². The lowest BCUT2D eigenvalue weighted by atomic mass is 9.96. The summed E-state index contributed by atoms with van der Waals surface area (Å²) in [6, 6.07) is 17.2. The third kappa shape index (κ3) is 7.74. The Kier molecular flexibility index (Phi) is 10.6. The fraction of sp³-hybridized carbons (Fsp3) is 0. The summed E-state index contributed by atoms with van der Waals surface area (Å²) in [5, 5.41) is 31.7. The van der Waals surface area contributed by atoms with Gasteiger partial charge in [0, 0.05) is 27.2 Å². The summed E-state index contributed by atoms with van der Waals surface area (Å²) in [5.41, 5.74) is -1.06. The second-order valence-electron chi connectivity index (χ2n) is 12.0. The molecule has 302 valence electrons. The van der Waals surface area contributed by atoms with Gasteiger partial charge in [0.25, 0.3) is 31.4 Å². The number of nitrogens with zero attached hydrogens (tertiary/aromatic N) is 4. The topological polar surface area (TPSA) is 301 Å². The third-order valence-corrected chi connectivity index (χ3v) is 11.7. The average molecular weight is 903 g/mol. The predicted octanol–water partition coefficient (Wildman–Crippen LogP) is 6.52. The zero-order chi connectivity index (χ0) is 41.8. The van der Waals surface area contributed by atoms with Crippen molar-refractivity contribution in [2.45, 2.75) is 19.6 Å². The van der Waals surface area contributed by atoms with Gasteiger partial charge in [-0.15, -0.1) is 8.67 Å². The van der Waals surface area contributed by atoms with Gasteiger partial charge in [-0.25, -0.2) is 15.1 Å². The van der Waals surface area contributed by atoms with Crippen molar-refractivity contribution in [1.82, 2.24) is 19.5 Å². The van der Waals surface area contributed by atoms with Crippen LogP contribution in [0.1, 0.15) is 0 Å². The van der Waals surface area contributed by atoms with Gasteiger partial charge < -0.3 is 15.1 Å². The van der Waals surface area contributed by atoms with E-state index < -0.39 is 41.1 Å². The van der Waals surface area contributed by atoms with Gasteiger partial charge in [0.2, 0.25) is 17.2 Å². The summed E-state index contributed by atoms with van der Waals surface area (Å²) < 4.78 is 82.7. The molecule has 5 aromatic carbocycles. The van der Waals surface area contributed by atoms with Crippen molar-refractivity contribution in [1.29, 1.82) is 0 Å². The molecule has 3 aromatic heterocycles. The molecular weight excluding hydrogens is 884 g/mol. The van der Waals surface area contributed by atoms with E-state index in [1.54, 1.807) is 0 Å². The minimum atomic E-state index is -4.64. The van der Waals surface area contributed by atoms with E-state index in [1.807, 2.05) is 0 Å². The quantitative estimate of drug-likeness (QED) is 0.0179. The Balaban J connectivity index is 1.25. The molecule has 0 fully saturated rings. The van der Waals surface area contributed by atoms with Crippen LogP contribution in [0.25, 0.3) is 49.2 Å². The molecule has 26 heteroatoms. The number of nitrogens with one attached hydrogen (secondary N) is 2. The van der Waals surface area contributed by atoms with Crippen LogP contribution in [-0.2, 0) is 39.0 Å². The summed E-state index contributed by atoms with van der Waals surface area (Å²) in [6.45, 7) is 0. The lowest BCUT2D eigenvalue weighted by Gasteiger charge is -2.17. The number of benzene rings is 5. The monoisotopic (exact) mass is 902 g/mol. The Morgan fingerprint density at radius 3 is 2.05 bits per heavy atom. The van der Waals surface area contributed by atoms with Crippen molar-refractivity contribution < 1.29 is 59.6 Å². The molecule has 0 bridgehead atoms. The maximum Gasteiger partial charge on any atom is 0.294 e. The van der Waals surface area contributed by atoms with Gasteiger partial charge in [-0.2, -0.15) is 31.8 Å². The van der Waals surface area contributed by atoms with E-state index in [0.717, 1.165) is 16.7 Å². The molecule has 0 amide bonds. The number of hydrogen-bond donors (Lipinski definition) is 6. The second-order valence-corrected chi connectivity index (χ2v) is 16.6. The van der Waals surface area contributed by atoms with Crippen LogP contribution in [0.15, 0.2) is 112 Å². The van der Waals surface area contributed by atoms with E-state index >= 15 is 0 Å². The molecule has 0 saturated carbocycles. The van der Waals surface area contributed by atoms with E-state index in [9.17, 15) is 35.5 Å². The van der Waals surface area contributed by atoms with Crippen molar-refractivity contribution in [3.63, 3.8) is 0 Å². The largest absolute Gasteiger partial charge is 0.455 e. The molecule has 0 aliphatic carbocycles. The van der Waals surface area contributed by atoms with Gasteiger partial charge in [0.1, 0.15) is 5.58 Å². The smallest absolute Gasteiger partial charge is 0.294 e. The van der Waals surface area contributed by atoms with Crippen LogP contribution in [0.3, 0.4) is 0 Å². The van der Waals surface area contributed by atoms with Crippen LogP contribution in [-0.4, -0.2) is 56.0 Å². The maximum atomic E-state index is 14.4. The van der Waals surface area contributed by atoms with Crippen molar-refractivity contribution in [3.05, 3.63) is 105 Å². The van der Waals surface area contributed by atoms with E-state index in [-0.39, 0.29) is 82.1 Å². The van der Waals surface area contributed by atoms with Crippen molar-refractivity contribution in [3.8, 4) is 5.69 Å². The molecule has 0 unspecified atom stereocenters. The minimum Gasteiger partial charge on any atom is -0.455 e. The molecule has 59 heavy (non-hydrogen) atoms. The SMILES string of the molecule is O=c1c2ccc3c4cc(S(=O)(=O)O)ccc4oc4c(SOOO)cc(c(=O)n1-c1ccc(Nc5nc(Cl)nc(Nc6cccc(S(=O)(=O)O)c6)n5)c(SOOO)c1)c2c43. The average Bonchev–Trinajstić information content (AvgIpc) is 3.19. The molecule has 0 aliphatic heterocycles. The first-order chi connectivity index (χ1) is 28.1. The predicted molar refractivity (Wildman–Crippen MR) is 211 cm³/mol. The highest BCUT2D eigenvalue weighted by Gasteiger charge is 2.25. The van der Waals surface area contributed by atoms with E-state index in [2.05, 4.69) is 40.0 Å². The summed E-state index contributed by atoms with van der Waals surface area (Å²) >= 11 is 7.07. The lowest BCUT2D eigenvalue weighted by molar-refractivity contribution is -0.432. The highest BCUT2D eigenvalue weighted by Crippen LogP contribution is 2.42. The first-order valence-electron chi connectivity index (χ1n) is 15.9. The van der Waals surface area contributed by atoms with Gasteiger partial charge in [-0.05, 0) is 83.7 Å². The first kappa shape index (κ1) is 40.3. The molecule has 8 rings (SSSR count). The van der Waals surface area contributed by atoms with Gasteiger partial charge in [-0.3, -0.25) is 18.7 Å². The maximum absolute atomic E-state index is 14.4. The molecule has 0 saturated heterocycles. The number of rotatable bonds is 13. The summed E-state index contributed by atoms with van der Waals surface area (Å²) in [6.07, 6.45) is 0. The molecule has 0 aliphatic rings. The van der Waals surface area contributed by atoms with Crippen molar-refractivity contribution in [2.24, 2.45) is 0 Å². The molecule has 6 N–H and O–H groups in total. The van der Waals surface area contributed by atoms with Gasteiger partial charge >= 0.3 is 0 Å². The fourth-order valence-electron chi connectivity index (χ4n) is 6.26. The minimum absolute atomic E-state index is 0.00748. The van der Waals surface area contributed by atoms with Gasteiger partial charge in [0.15, 0.2) is 5.58 Å². The van der Waals surface area contributed by atoms with Crippen LogP contribution in [0.2, 0.25) is 5.28 Å². The number of pyridine rings is 1. The summed E-state index contributed by atoms with van der Waals surface area (Å²) in [7, 11) is -9.16. The molecule has 21 nitrogen and oxygen atoms in total. The molecule has 0 radical (unpaired) electrons. The standard InChI is InChI=1S/C33H19ClN6O15S4/c34-31-37-32(35-14-2-1-3-16(10-14)58(45,46)47)39-33(38-31)36-22-8-4-15(11-24(22)56-54-52-43)40-29(41)19-7-6-18-20-12-17(59(48,49)50)5-9-23(20)51-28-25(57-55-53-44)13-21(30(40)42)26(19)27(18)28/h1-13,43-44H,(H,45,46,47)(H,48,49,50)(H2,35,36,37,38,39). The summed E-state index contributed by atoms with van der Waals surface area (Å²) in [4.78, 5) is 40.3. The molecule has 3 heterocycles. The van der Waals surface area contributed by atoms with E-state index in [0.29, 0.717) is 29.5 Å². The molecule has 8 aromatic rings. The van der Waals surface area contributed by atoms with E-state index in [1.165, 1.54) is 66.7 Å². The van der Waals surface area contributed by atoms with Crippen LogP contribution in [0.4, 0.5) is 23.3 Å². The Labute approximate surface area is 341 Å². The molecule has 0 atom stereocenters. The van der Waals surface area contributed by atoms with Crippen molar-refractivity contribution in [2.75, 3.05) is 10.6 Å². The molecular formula is C33H19ClN6O15S4. The number of fused-ring (bicyclic) bond motifs is 2.